The van der Waals surface area contributed by atoms with E-state index in [0.717, 1.165) is 22.5 Å². The molecule has 0 aliphatic rings. The summed E-state index contributed by atoms with van der Waals surface area (Å²) >= 11 is 0. The molecule has 94 valence electrons. The van der Waals surface area contributed by atoms with Crippen molar-refractivity contribution in [2.45, 2.75) is 26.9 Å². The van der Waals surface area contributed by atoms with E-state index in [9.17, 15) is 0 Å². The van der Waals surface area contributed by atoms with E-state index in [0.29, 0.717) is 13.1 Å². The van der Waals surface area contributed by atoms with Crippen LogP contribution in [-0.2, 0) is 13.1 Å². The summed E-state index contributed by atoms with van der Waals surface area (Å²) in [5.74, 6) is 0. The first-order valence-corrected chi connectivity index (χ1v) is 5.96. The summed E-state index contributed by atoms with van der Waals surface area (Å²) < 4.78 is 1.87. The molecule has 1 aromatic heterocycles. The Hall–Kier alpha value is -1.94. The molecule has 1 heterocycles. The van der Waals surface area contributed by atoms with Crippen LogP contribution in [-0.4, -0.2) is 15.0 Å². The first-order valence-electron chi connectivity index (χ1n) is 5.96. The number of nitrogens with two attached hydrogens (primary N) is 1. The predicted molar refractivity (Wildman–Crippen MR) is 72.9 cm³/mol. The molecule has 0 radical (unpaired) electrons. The van der Waals surface area contributed by atoms with Gasteiger partial charge in [0, 0.05) is 12.1 Å². The monoisotopic (exact) mass is 242 g/mol. The summed E-state index contributed by atoms with van der Waals surface area (Å²) in [6.07, 6.45) is 0. The maximum absolute atomic E-state index is 5.74. The standard InChI is InChI=1S/C14H18N4/c1-10(2)9-18-14(13(8-15)16-17-18)12-7-5-4-6-11(12)3/h4-7H,1,8-9,15H2,2-3H3. The SMILES string of the molecule is C=C(C)Cn1nnc(CN)c1-c1ccccc1C. The lowest BCUT2D eigenvalue weighted by atomic mass is 10.0. The zero-order chi connectivity index (χ0) is 13.1. The average Bonchev–Trinajstić information content (AvgIpc) is 2.72. The van der Waals surface area contributed by atoms with Crippen LogP contribution in [0.15, 0.2) is 36.4 Å². The third kappa shape index (κ3) is 2.33. The van der Waals surface area contributed by atoms with Crippen LogP contribution in [0.4, 0.5) is 0 Å². The molecule has 4 nitrogen and oxygen atoms in total. The van der Waals surface area contributed by atoms with E-state index in [1.165, 1.54) is 5.56 Å². The Morgan fingerprint density at radius 1 is 1.39 bits per heavy atom. The first-order chi connectivity index (χ1) is 8.63. The summed E-state index contributed by atoms with van der Waals surface area (Å²) in [5.41, 5.74) is 10.9. The van der Waals surface area contributed by atoms with Crippen LogP contribution >= 0.6 is 0 Å². The van der Waals surface area contributed by atoms with Crippen molar-refractivity contribution in [2.75, 3.05) is 0 Å². The van der Waals surface area contributed by atoms with E-state index in [1.54, 1.807) is 0 Å². The molecule has 4 heteroatoms. The number of aryl methyl sites for hydroxylation is 1. The van der Waals surface area contributed by atoms with Crippen LogP contribution in [0.3, 0.4) is 0 Å². The number of benzene rings is 1. The molecular weight excluding hydrogens is 224 g/mol. The van der Waals surface area contributed by atoms with Gasteiger partial charge in [-0.1, -0.05) is 41.6 Å². The van der Waals surface area contributed by atoms with Crippen LogP contribution in [0.1, 0.15) is 18.2 Å². The summed E-state index contributed by atoms with van der Waals surface area (Å²) in [5, 5.41) is 8.32. The molecule has 0 atom stereocenters. The Morgan fingerprint density at radius 2 is 2.11 bits per heavy atom. The third-order valence-electron chi connectivity index (χ3n) is 2.82. The summed E-state index contributed by atoms with van der Waals surface area (Å²) in [6.45, 7) is 9.03. The van der Waals surface area contributed by atoms with E-state index < -0.39 is 0 Å². The number of hydrogen-bond acceptors (Lipinski definition) is 3. The van der Waals surface area contributed by atoms with Gasteiger partial charge in [-0.25, -0.2) is 4.68 Å². The van der Waals surface area contributed by atoms with E-state index in [1.807, 2.05) is 23.7 Å². The Morgan fingerprint density at radius 3 is 2.72 bits per heavy atom. The van der Waals surface area contributed by atoms with Crippen molar-refractivity contribution in [3.63, 3.8) is 0 Å². The molecule has 0 saturated carbocycles. The van der Waals surface area contributed by atoms with Crippen LogP contribution in [0.2, 0.25) is 0 Å². The van der Waals surface area contributed by atoms with Gasteiger partial charge in [0.05, 0.1) is 12.2 Å². The molecule has 0 saturated heterocycles. The van der Waals surface area contributed by atoms with Gasteiger partial charge < -0.3 is 5.73 Å². The molecule has 0 unspecified atom stereocenters. The third-order valence-corrected chi connectivity index (χ3v) is 2.82. The van der Waals surface area contributed by atoms with Gasteiger partial charge in [-0.3, -0.25) is 0 Å². The maximum Gasteiger partial charge on any atom is 0.104 e. The van der Waals surface area contributed by atoms with Crippen LogP contribution in [0.5, 0.6) is 0 Å². The van der Waals surface area contributed by atoms with Gasteiger partial charge in [0.15, 0.2) is 0 Å². The quantitative estimate of drug-likeness (QED) is 0.837. The lowest BCUT2D eigenvalue weighted by molar-refractivity contribution is 0.648. The second kappa shape index (κ2) is 5.14. The molecule has 2 rings (SSSR count). The van der Waals surface area contributed by atoms with Crippen molar-refractivity contribution >= 4 is 0 Å². The fourth-order valence-corrected chi connectivity index (χ4v) is 1.99. The van der Waals surface area contributed by atoms with Gasteiger partial charge in [0.25, 0.3) is 0 Å². The van der Waals surface area contributed by atoms with Crippen molar-refractivity contribution < 1.29 is 0 Å². The van der Waals surface area contributed by atoms with Crippen molar-refractivity contribution in [1.82, 2.24) is 15.0 Å². The Kier molecular flexibility index (Phi) is 3.58. The Labute approximate surface area is 107 Å². The molecule has 0 spiro atoms. The highest BCUT2D eigenvalue weighted by Crippen LogP contribution is 2.25. The van der Waals surface area contributed by atoms with E-state index in [4.69, 9.17) is 5.73 Å². The minimum Gasteiger partial charge on any atom is -0.325 e. The molecule has 0 amide bonds. The fraction of sp³-hybridized carbons (Fsp3) is 0.286. The zero-order valence-corrected chi connectivity index (χ0v) is 10.8. The minimum atomic E-state index is 0.389. The van der Waals surface area contributed by atoms with Gasteiger partial charge in [-0.15, -0.1) is 5.10 Å². The van der Waals surface area contributed by atoms with E-state index in [2.05, 4.69) is 35.9 Å². The second-order valence-electron chi connectivity index (χ2n) is 4.52. The molecule has 18 heavy (non-hydrogen) atoms. The van der Waals surface area contributed by atoms with Crippen molar-refractivity contribution in [2.24, 2.45) is 5.73 Å². The average molecular weight is 242 g/mol. The van der Waals surface area contributed by atoms with E-state index >= 15 is 0 Å². The highest BCUT2D eigenvalue weighted by Gasteiger charge is 2.15. The summed E-state index contributed by atoms with van der Waals surface area (Å²) in [6, 6.07) is 8.18. The predicted octanol–water partition coefficient (Wildman–Crippen LogP) is 2.29. The number of allylic oxidation sites excluding steroid dienone is 1. The van der Waals surface area contributed by atoms with Gasteiger partial charge in [-0.05, 0) is 19.4 Å². The lowest BCUT2D eigenvalue weighted by Crippen LogP contribution is -2.06. The largest absolute Gasteiger partial charge is 0.325 e. The van der Waals surface area contributed by atoms with Crippen LogP contribution in [0, 0.1) is 6.92 Å². The molecule has 0 aliphatic carbocycles. The topological polar surface area (TPSA) is 56.7 Å². The summed E-state index contributed by atoms with van der Waals surface area (Å²) in [7, 11) is 0. The van der Waals surface area contributed by atoms with Gasteiger partial charge in [0.2, 0.25) is 0 Å². The van der Waals surface area contributed by atoms with Crippen molar-refractivity contribution in [3.8, 4) is 11.3 Å². The smallest absolute Gasteiger partial charge is 0.104 e. The van der Waals surface area contributed by atoms with Crippen molar-refractivity contribution in [1.29, 1.82) is 0 Å². The van der Waals surface area contributed by atoms with Gasteiger partial charge in [0.1, 0.15) is 5.69 Å². The minimum absolute atomic E-state index is 0.389. The molecule has 0 aliphatic heterocycles. The Bertz CT molecular complexity index is 569. The second-order valence-corrected chi connectivity index (χ2v) is 4.52. The maximum atomic E-state index is 5.74. The highest BCUT2D eigenvalue weighted by molar-refractivity contribution is 5.65. The van der Waals surface area contributed by atoms with E-state index in [-0.39, 0.29) is 0 Å². The van der Waals surface area contributed by atoms with Gasteiger partial charge in [-0.2, -0.15) is 0 Å². The molecule has 0 bridgehead atoms. The fourth-order valence-electron chi connectivity index (χ4n) is 1.99. The molecular formula is C14H18N4. The number of rotatable bonds is 4. The number of hydrogen-bond donors (Lipinski definition) is 1. The molecule has 2 N–H and O–H groups in total. The zero-order valence-electron chi connectivity index (χ0n) is 10.8. The summed E-state index contributed by atoms with van der Waals surface area (Å²) in [4.78, 5) is 0. The van der Waals surface area contributed by atoms with Crippen LogP contribution in [0.25, 0.3) is 11.3 Å². The number of nitrogens with zero attached hydrogens (tertiary/aromatic N) is 3. The Balaban J connectivity index is 2.57. The highest BCUT2D eigenvalue weighted by atomic mass is 15.4. The molecule has 0 fully saturated rings. The number of aromatic nitrogens is 3. The van der Waals surface area contributed by atoms with Gasteiger partial charge >= 0.3 is 0 Å². The molecule has 2 aromatic rings. The van der Waals surface area contributed by atoms with Crippen LogP contribution < -0.4 is 5.73 Å². The van der Waals surface area contributed by atoms with Crippen molar-refractivity contribution in [3.05, 3.63) is 47.7 Å². The first kappa shape index (κ1) is 12.5. The lowest BCUT2D eigenvalue weighted by Gasteiger charge is -2.10. The normalized spacial score (nSPS) is 10.6. The molecule has 1 aromatic carbocycles.